The number of nitrogens with two attached hydrogens (primary N) is 1. The van der Waals surface area contributed by atoms with E-state index < -0.39 is 0 Å². The zero-order valence-corrected chi connectivity index (χ0v) is 12.8. The number of rotatable bonds is 6. The first kappa shape index (κ1) is 15.3. The molecular formula is C17H28N2O. The number of nitrogens with one attached hydrogen (secondary N) is 1. The molecule has 1 aromatic carbocycles. The summed E-state index contributed by atoms with van der Waals surface area (Å²) >= 11 is 0. The van der Waals surface area contributed by atoms with E-state index in [-0.39, 0.29) is 0 Å². The molecule has 1 aliphatic carbocycles. The molecule has 0 aliphatic heterocycles. The van der Waals surface area contributed by atoms with Gasteiger partial charge in [0.25, 0.3) is 0 Å². The highest BCUT2D eigenvalue weighted by Crippen LogP contribution is 2.31. The Hall–Kier alpha value is -1.06. The Balaban J connectivity index is 1.78. The fraction of sp³-hybridized carbons (Fsp3) is 0.647. The highest BCUT2D eigenvalue weighted by Gasteiger charge is 2.25. The summed E-state index contributed by atoms with van der Waals surface area (Å²) in [7, 11) is 0. The second-order valence-corrected chi connectivity index (χ2v) is 6.26. The van der Waals surface area contributed by atoms with E-state index in [1.165, 1.54) is 31.2 Å². The molecule has 3 nitrogen and oxygen atoms in total. The summed E-state index contributed by atoms with van der Waals surface area (Å²) < 4.78 is 5.84. The Morgan fingerprint density at radius 3 is 2.95 bits per heavy atom. The van der Waals surface area contributed by atoms with Crippen LogP contribution in [0, 0.1) is 18.8 Å². The van der Waals surface area contributed by atoms with E-state index >= 15 is 0 Å². The average molecular weight is 276 g/mol. The lowest BCUT2D eigenvalue weighted by Crippen LogP contribution is -2.43. The SMILES string of the molecule is Cc1cccc(OCCC(NN)C2CCCC(C)C2)c1. The summed E-state index contributed by atoms with van der Waals surface area (Å²) in [6.07, 6.45) is 6.27. The highest BCUT2D eigenvalue weighted by atomic mass is 16.5. The third-order valence-electron chi connectivity index (χ3n) is 4.45. The van der Waals surface area contributed by atoms with Gasteiger partial charge in [-0.05, 0) is 55.7 Å². The third kappa shape index (κ3) is 4.50. The van der Waals surface area contributed by atoms with Crippen LogP contribution in [-0.2, 0) is 0 Å². The molecule has 0 bridgehead atoms. The molecule has 1 saturated carbocycles. The van der Waals surface area contributed by atoms with Gasteiger partial charge in [-0.25, -0.2) is 0 Å². The maximum absolute atomic E-state index is 5.84. The van der Waals surface area contributed by atoms with Crippen LogP contribution in [0.2, 0.25) is 0 Å². The van der Waals surface area contributed by atoms with Gasteiger partial charge >= 0.3 is 0 Å². The number of hydrogen-bond donors (Lipinski definition) is 2. The smallest absolute Gasteiger partial charge is 0.119 e. The molecule has 0 radical (unpaired) electrons. The van der Waals surface area contributed by atoms with Crippen LogP contribution in [0.4, 0.5) is 0 Å². The van der Waals surface area contributed by atoms with Gasteiger partial charge in [0.05, 0.1) is 6.61 Å². The molecule has 1 aromatic rings. The Morgan fingerprint density at radius 1 is 1.40 bits per heavy atom. The van der Waals surface area contributed by atoms with Crippen molar-refractivity contribution in [2.45, 2.75) is 52.0 Å². The van der Waals surface area contributed by atoms with Crippen molar-refractivity contribution in [1.29, 1.82) is 0 Å². The molecule has 0 spiro atoms. The van der Waals surface area contributed by atoms with Gasteiger partial charge in [0.15, 0.2) is 0 Å². The summed E-state index contributed by atoms with van der Waals surface area (Å²) in [5.74, 6) is 8.24. The maximum atomic E-state index is 5.84. The number of ether oxygens (including phenoxy) is 1. The minimum Gasteiger partial charge on any atom is -0.494 e. The van der Waals surface area contributed by atoms with Gasteiger partial charge in [-0.15, -0.1) is 0 Å². The van der Waals surface area contributed by atoms with Crippen LogP contribution in [0.1, 0.15) is 44.6 Å². The monoisotopic (exact) mass is 276 g/mol. The molecule has 2 rings (SSSR count). The number of hydrogen-bond acceptors (Lipinski definition) is 3. The average Bonchev–Trinajstić information content (AvgIpc) is 2.44. The van der Waals surface area contributed by atoms with Crippen LogP contribution < -0.4 is 16.0 Å². The Morgan fingerprint density at radius 2 is 2.25 bits per heavy atom. The second-order valence-electron chi connectivity index (χ2n) is 6.26. The maximum Gasteiger partial charge on any atom is 0.119 e. The minimum atomic E-state index is 0.377. The fourth-order valence-electron chi connectivity index (χ4n) is 3.31. The van der Waals surface area contributed by atoms with Crippen LogP contribution in [0.3, 0.4) is 0 Å². The van der Waals surface area contributed by atoms with E-state index in [0.717, 1.165) is 24.7 Å². The fourth-order valence-corrected chi connectivity index (χ4v) is 3.31. The van der Waals surface area contributed by atoms with E-state index in [2.05, 4.69) is 31.4 Å². The standard InChI is InChI=1S/C17H28N2O/c1-13-5-3-7-15(11-13)17(19-18)9-10-20-16-8-4-6-14(2)12-16/h4,6,8,12-13,15,17,19H,3,5,7,9-11,18H2,1-2H3. The van der Waals surface area contributed by atoms with Gasteiger partial charge in [-0.2, -0.15) is 0 Å². The van der Waals surface area contributed by atoms with E-state index in [9.17, 15) is 0 Å². The number of benzene rings is 1. The molecule has 112 valence electrons. The lowest BCUT2D eigenvalue weighted by Gasteiger charge is -2.32. The number of hydrazine groups is 1. The predicted octanol–water partition coefficient (Wildman–Crippen LogP) is 3.42. The van der Waals surface area contributed by atoms with Crippen LogP contribution in [0.5, 0.6) is 5.75 Å². The summed E-state index contributed by atoms with van der Waals surface area (Å²) in [5.41, 5.74) is 4.24. The van der Waals surface area contributed by atoms with Crippen LogP contribution in [0.25, 0.3) is 0 Å². The Bertz CT molecular complexity index is 408. The lowest BCUT2D eigenvalue weighted by atomic mass is 9.78. The predicted molar refractivity (Wildman–Crippen MR) is 83.5 cm³/mol. The quantitative estimate of drug-likeness (QED) is 0.618. The number of aryl methyl sites for hydroxylation is 1. The van der Waals surface area contributed by atoms with Gasteiger partial charge in [-0.3, -0.25) is 11.3 Å². The molecule has 20 heavy (non-hydrogen) atoms. The summed E-state index contributed by atoms with van der Waals surface area (Å²) in [5, 5.41) is 0. The van der Waals surface area contributed by atoms with Gasteiger partial charge in [0.1, 0.15) is 5.75 Å². The summed E-state index contributed by atoms with van der Waals surface area (Å²) in [4.78, 5) is 0. The van der Waals surface area contributed by atoms with Crippen molar-refractivity contribution >= 4 is 0 Å². The normalized spacial score (nSPS) is 24.4. The first-order valence-corrected chi connectivity index (χ1v) is 7.84. The summed E-state index contributed by atoms with van der Waals surface area (Å²) in [6.45, 7) is 5.16. The minimum absolute atomic E-state index is 0.377. The third-order valence-corrected chi connectivity index (χ3v) is 4.45. The molecule has 0 aromatic heterocycles. The molecule has 3 heteroatoms. The molecule has 3 atom stereocenters. The van der Waals surface area contributed by atoms with Gasteiger partial charge in [0, 0.05) is 6.04 Å². The topological polar surface area (TPSA) is 47.3 Å². The van der Waals surface area contributed by atoms with Crippen molar-refractivity contribution in [2.75, 3.05) is 6.61 Å². The van der Waals surface area contributed by atoms with Crippen molar-refractivity contribution in [2.24, 2.45) is 17.7 Å². The molecule has 1 fully saturated rings. The van der Waals surface area contributed by atoms with Gasteiger partial charge in [0.2, 0.25) is 0 Å². The largest absolute Gasteiger partial charge is 0.494 e. The van der Waals surface area contributed by atoms with E-state index in [0.29, 0.717) is 12.0 Å². The van der Waals surface area contributed by atoms with Gasteiger partial charge in [-0.1, -0.05) is 31.9 Å². The van der Waals surface area contributed by atoms with Crippen molar-refractivity contribution in [1.82, 2.24) is 5.43 Å². The van der Waals surface area contributed by atoms with Crippen molar-refractivity contribution in [3.63, 3.8) is 0 Å². The van der Waals surface area contributed by atoms with Crippen LogP contribution in [0.15, 0.2) is 24.3 Å². The summed E-state index contributed by atoms with van der Waals surface area (Å²) in [6, 6.07) is 8.59. The van der Waals surface area contributed by atoms with Crippen molar-refractivity contribution in [3.05, 3.63) is 29.8 Å². The van der Waals surface area contributed by atoms with Crippen LogP contribution >= 0.6 is 0 Å². The zero-order valence-electron chi connectivity index (χ0n) is 12.8. The van der Waals surface area contributed by atoms with Crippen molar-refractivity contribution in [3.8, 4) is 5.75 Å². The molecule has 1 aliphatic rings. The zero-order chi connectivity index (χ0) is 14.4. The molecule has 0 heterocycles. The lowest BCUT2D eigenvalue weighted by molar-refractivity contribution is 0.191. The molecular weight excluding hydrogens is 248 g/mol. The Kier molecular flexibility index (Phi) is 5.86. The molecule has 3 N–H and O–H groups in total. The highest BCUT2D eigenvalue weighted by molar-refractivity contribution is 5.27. The molecule has 0 saturated heterocycles. The van der Waals surface area contributed by atoms with E-state index in [1.54, 1.807) is 0 Å². The van der Waals surface area contributed by atoms with Gasteiger partial charge < -0.3 is 4.74 Å². The first-order chi connectivity index (χ1) is 9.69. The molecule has 0 amide bonds. The molecule has 3 unspecified atom stereocenters. The van der Waals surface area contributed by atoms with E-state index in [1.807, 2.05) is 12.1 Å². The Labute approximate surface area is 122 Å². The van der Waals surface area contributed by atoms with E-state index in [4.69, 9.17) is 10.6 Å². The van der Waals surface area contributed by atoms with Crippen LogP contribution in [-0.4, -0.2) is 12.6 Å². The van der Waals surface area contributed by atoms with Crippen molar-refractivity contribution < 1.29 is 4.74 Å². The second kappa shape index (κ2) is 7.65. The first-order valence-electron chi connectivity index (χ1n) is 7.84.